The maximum Gasteiger partial charge on any atom is 0.323 e. The predicted octanol–water partition coefficient (Wildman–Crippen LogP) is 1.90. The predicted molar refractivity (Wildman–Crippen MR) is 87.4 cm³/mol. The molecule has 2 aliphatic heterocycles. The van der Waals surface area contributed by atoms with Crippen LogP contribution in [0.2, 0.25) is 0 Å². The van der Waals surface area contributed by atoms with Gasteiger partial charge in [-0.15, -0.1) is 0 Å². The van der Waals surface area contributed by atoms with Crippen LogP contribution in [0.3, 0.4) is 0 Å². The van der Waals surface area contributed by atoms with Crippen molar-refractivity contribution in [2.45, 2.75) is 38.3 Å². The number of fused-ring (bicyclic) bond motifs is 3. The molecule has 0 aromatic heterocycles. The molecule has 0 unspecified atom stereocenters. The highest BCUT2D eigenvalue weighted by atomic mass is 16.5. The first-order valence-corrected chi connectivity index (χ1v) is 8.27. The Morgan fingerprint density at radius 2 is 1.92 bits per heavy atom. The molecule has 1 aromatic rings. The molecule has 0 aliphatic carbocycles. The highest BCUT2D eigenvalue weighted by Gasteiger charge is 2.42. The van der Waals surface area contributed by atoms with Crippen LogP contribution < -0.4 is 9.47 Å². The van der Waals surface area contributed by atoms with Crippen LogP contribution in [-0.4, -0.2) is 50.1 Å². The number of carbonyl (C=O) groups excluding carboxylic acids is 2. The number of nitrogens with zero attached hydrogens (tertiary/aromatic N) is 1. The molecule has 6 nitrogen and oxygen atoms in total. The molecule has 2 heterocycles. The number of ketones is 1. The lowest BCUT2D eigenvalue weighted by molar-refractivity contribution is -0.155. The van der Waals surface area contributed by atoms with Crippen LogP contribution in [0.4, 0.5) is 0 Å². The number of methoxy groups -OCH3 is 2. The van der Waals surface area contributed by atoms with E-state index in [1.807, 2.05) is 12.1 Å². The van der Waals surface area contributed by atoms with Gasteiger partial charge in [-0.25, -0.2) is 0 Å². The molecule has 6 heteroatoms. The quantitative estimate of drug-likeness (QED) is 0.784. The fourth-order valence-corrected chi connectivity index (χ4v) is 3.74. The topological polar surface area (TPSA) is 65.1 Å². The van der Waals surface area contributed by atoms with Crippen LogP contribution in [0, 0.1) is 0 Å². The van der Waals surface area contributed by atoms with Gasteiger partial charge in [0.25, 0.3) is 0 Å². The molecule has 3 rings (SSSR count). The first kappa shape index (κ1) is 16.8. The van der Waals surface area contributed by atoms with Crippen LogP contribution in [0.15, 0.2) is 12.1 Å². The maximum absolute atomic E-state index is 12.3. The first-order chi connectivity index (χ1) is 11.6. The van der Waals surface area contributed by atoms with E-state index in [2.05, 4.69) is 4.90 Å². The van der Waals surface area contributed by atoms with Crippen molar-refractivity contribution in [1.82, 2.24) is 4.90 Å². The van der Waals surface area contributed by atoms with E-state index in [0.29, 0.717) is 24.5 Å². The van der Waals surface area contributed by atoms with Crippen molar-refractivity contribution in [2.75, 3.05) is 27.4 Å². The van der Waals surface area contributed by atoms with E-state index in [0.717, 1.165) is 24.1 Å². The number of esters is 1. The zero-order valence-corrected chi connectivity index (χ0v) is 14.3. The van der Waals surface area contributed by atoms with Gasteiger partial charge in [-0.2, -0.15) is 0 Å². The Kier molecular flexibility index (Phi) is 4.76. The lowest BCUT2D eigenvalue weighted by Gasteiger charge is -2.44. The Hall–Kier alpha value is -2.08. The minimum Gasteiger partial charge on any atom is -0.493 e. The highest BCUT2D eigenvalue weighted by molar-refractivity contribution is 5.88. The summed E-state index contributed by atoms with van der Waals surface area (Å²) >= 11 is 0. The van der Waals surface area contributed by atoms with Crippen LogP contribution >= 0.6 is 0 Å². The average Bonchev–Trinajstić information content (AvgIpc) is 2.59. The lowest BCUT2D eigenvalue weighted by atomic mass is 9.83. The van der Waals surface area contributed by atoms with Crippen molar-refractivity contribution >= 4 is 11.8 Å². The second-order valence-electron chi connectivity index (χ2n) is 6.12. The summed E-state index contributed by atoms with van der Waals surface area (Å²) in [5, 5.41) is 0. The van der Waals surface area contributed by atoms with Gasteiger partial charge in [-0.3, -0.25) is 14.5 Å². The monoisotopic (exact) mass is 333 g/mol. The molecule has 0 saturated carbocycles. The van der Waals surface area contributed by atoms with Crippen molar-refractivity contribution in [3.05, 3.63) is 23.3 Å². The van der Waals surface area contributed by atoms with Crippen molar-refractivity contribution in [2.24, 2.45) is 0 Å². The Morgan fingerprint density at radius 3 is 2.58 bits per heavy atom. The molecule has 1 fully saturated rings. The molecule has 2 atom stereocenters. The van der Waals surface area contributed by atoms with E-state index in [1.165, 1.54) is 0 Å². The lowest BCUT2D eigenvalue weighted by Crippen LogP contribution is -2.52. The smallest absolute Gasteiger partial charge is 0.323 e. The number of benzene rings is 1. The van der Waals surface area contributed by atoms with E-state index in [-0.39, 0.29) is 24.2 Å². The summed E-state index contributed by atoms with van der Waals surface area (Å²) in [6.45, 7) is 2.83. The maximum atomic E-state index is 12.3. The van der Waals surface area contributed by atoms with E-state index < -0.39 is 6.04 Å². The summed E-state index contributed by atoms with van der Waals surface area (Å²) in [6.07, 6.45) is 1.45. The van der Waals surface area contributed by atoms with Gasteiger partial charge in [0.15, 0.2) is 11.5 Å². The van der Waals surface area contributed by atoms with Gasteiger partial charge in [0, 0.05) is 25.4 Å². The highest BCUT2D eigenvalue weighted by Crippen LogP contribution is 2.42. The average molecular weight is 333 g/mol. The number of rotatable bonds is 4. The number of hydrogen-bond donors (Lipinski definition) is 0. The standard InChI is InChI=1S/C18H23NO5/c1-4-24-18(21)15-9-12(20)8-14-13-10-17(23-3)16(22-2)7-11(13)5-6-19(14)15/h7,10,14-15H,4-6,8-9H2,1-3H3/t14-,15-/m0/s1. The van der Waals surface area contributed by atoms with Crippen molar-refractivity contribution in [3.63, 3.8) is 0 Å². The third-order valence-corrected chi connectivity index (χ3v) is 4.85. The third kappa shape index (κ3) is 2.86. The number of carbonyl (C=O) groups is 2. The minimum atomic E-state index is -0.488. The normalized spacial score (nSPS) is 23.2. The van der Waals surface area contributed by atoms with E-state index in [1.54, 1.807) is 21.1 Å². The van der Waals surface area contributed by atoms with Gasteiger partial charge in [-0.1, -0.05) is 0 Å². The molecule has 24 heavy (non-hydrogen) atoms. The summed E-state index contributed by atoms with van der Waals surface area (Å²) in [6, 6.07) is 3.32. The Labute approximate surface area is 141 Å². The largest absolute Gasteiger partial charge is 0.493 e. The van der Waals surface area contributed by atoms with Crippen molar-refractivity contribution in [3.8, 4) is 11.5 Å². The van der Waals surface area contributed by atoms with Gasteiger partial charge >= 0.3 is 5.97 Å². The van der Waals surface area contributed by atoms with Gasteiger partial charge in [0.1, 0.15) is 11.8 Å². The second-order valence-corrected chi connectivity index (χ2v) is 6.12. The Bertz CT molecular complexity index is 657. The number of Topliss-reactive ketones (excluding diaryl/α,β-unsaturated/α-hetero) is 1. The molecule has 0 amide bonds. The fraction of sp³-hybridized carbons (Fsp3) is 0.556. The summed E-state index contributed by atoms with van der Waals surface area (Å²) < 4.78 is 15.9. The number of hydrogen-bond acceptors (Lipinski definition) is 6. The minimum absolute atomic E-state index is 0.0944. The SMILES string of the molecule is CCOC(=O)[C@@H]1CC(=O)C[C@H]2c3cc(OC)c(OC)cc3CCN12. The summed E-state index contributed by atoms with van der Waals surface area (Å²) in [5.41, 5.74) is 2.19. The number of ether oxygens (including phenoxy) is 3. The van der Waals surface area contributed by atoms with E-state index >= 15 is 0 Å². The molecular formula is C18H23NO5. The molecule has 1 aromatic carbocycles. The molecule has 2 aliphatic rings. The molecule has 1 saturated heterocycles. The first-order valence-electron chi connectivity index (χ1n) is 8.27. The van der Waals surface area contributed by atoms with Crippen LogP contribution in [0.5, 0.6) is 11.5 Å². The molecule has 130 valence electrons. The Morgan fingerprint density at radius 1 is 1.21 bits per heavy atom. The molecular weight excluding hydrogens is 310 g/mol. The molecule has 0 spiro atoms. The number of piperidine rings is 1. The van der Waals surface area contributed by atoms with Gasteiger partial charge in [0.2, 0.25) is 0 Å². The van der Waals surface area contributed by atoms with Gasteiger partial charge < -0.3 is 14.2 Å². The summed E-state index contributed by atoms with van der Waals surface area (Å²) in [4.78, 5) is 26.6. The van der Waals surface area contributed by atoms with Gasteiger partial charge in [-0.05, 0) is 36.6 Å². The summed E-state index contributed by atoms with van der Waals surface area (Å²) in [5.74, 6) is 1.12. The zero-order valence-electron chi connectivity index (χ0n) is 14.3. The van der Waals surface area contributed by atoms with Gasteiger partial charge in [0.05, 0.1) is 20.8 Å². The van der Waals surface area contributed by atoms with Crippen LogP contribution in [-0.2, 0) is 20.7 Å². The Balaban J connectivity index is 1.98. The second kappa shape index (κ2) is 6.81. The molecule has 0 radical (unpaired) electrons. The third-order valence-electron chi connectivity index (χ3n) is 4.85. The van der Waals surface area contributed by atoms with Crippen molar-refractivity contribution < 1.29 is 23.8 Å². The molecule has 0 bridgehead atoms. The van der Waals surface area contributed by atoms with E-state index in [9.17, 15) is 9.59 Å². The van der Waals surface area contributed by atoms with Crippen LogP contribution in [0.25, 0.3) is 0 Å². The van der Waals surface area contributed by atoms with Crippen molar-refractivity contribution in [1.29, 1.82) is 0 Å². The van der Waals surface area contributed by atoms with E-state index in [4.69, 9.17) is 14.2 Å². The summed E-state index contributed by atoms with van der Waals surface area (Å²) in [7, 11) is 3.21. The zero-order chi connectivity index (χ0) is 17.3. The molecule has 0 N–H and O–H groups in total. The fourth-order valence-electron chi connectivity index (χ4n) is 3.74. The van der Waals surface area contributed by atoms with Crippen LogP contribution in [0.1, 0.15) is 36.9 Å².